The third-order valence-electron chi connectivity index (χ3n) is 3.37. The monoisotopic (exact) mass is 198 g/mol. The standard InChI is InChI=1S/C12H26N2/c1-5-10(2)13-8-11(3)14(4)9-12-6-7-12/h10-13H,5-9H2,1-4H3. The van der Waals surface area contributed by atoms with Gasteiger partial charge < -0.3 is 10.2 Å². The second-order valence-corrected chi connectivity index (χ2v) is 4.95. The Labute approximate surface area is 89.1 Å². The van der Waals surface area contributed by atoms with Crippen molar-refractivity contribution < 1.29 is 0 Å². The SMILES string of the molecule is CCC(C)NCC(C)N(C)CC1CC1. The van der Waals surface area contributed by atoms with Crippen molar-refractivity contribution in [1.82, 2.24) is 10.2 Å². The fraction of sp³-hybridized carbons (Fsp3) is 1.00. The average molecular weight is 198 g/mol. The van der Waals surface area contributed by atoms with Gasteiger partial charge in [0, 0.05) is 25.2 Å². The fourth-order valence-electron chi connectivity index (χ4n) is 1.56. The van der Waals surface area contributed by atoms with Gasteiger partial charge in [0.25, 0.3) is 0 Å². The highest BCUT2D eigenvalue weighted by atomic mass is 15.1. The van der Waals surface area contributed by atoms with Crippen LogP contribution in [-0.4, -0.2) is 37.1 Å². The van der Waals surface area contributed by atoms with Crippen molar-refractivity contribution in [3.05, 3.63) is 0 Å². The largest absolute Gasteiger partial charge is 0.313 e. The van der Waals surface area contributed by atoms with Crippen LogP contribution < -0.4 is 5.32 Å². The van der Waals surface area contributed by atoms with Crippen molar-refractivity contribution in [2.45, 2.75) is 52.1 Å². The maximum absolute atomic E-state index is 3.56. The molecule has 0 radical (unpaired) electrons. The van der Waals surface area contributed by atoms with Gasteiger partial charge in [-0.05, 0) is 46.1 Å². The van der Waals surface area contributed by atoms with Gasteiger partial charge in [-0.25, -0.2) is 0 Å². The molecular weight excluding hydrogens is 172 g/mol. The van der Waals surface area contributed by atoms with Crippen LogP contribution in [0.1, 0.15) is 40.0 Å². The molecule has 2 heteroatoms. The van der Waals surface area contributed by atoms with E-state index in [1.54, 1.807) is 0 Å². The van der Waals surface area contributed by atoms with Gasteiger partial charge in [-0.3, -0.25) is 0 Å². The molecule has 1 aliphatic carbocycles. The van der Waals surface area contributed by atoms with E-state index in [9.17, 15) is 0 Å². The molecule has 84 valence electrons. The van der Waals surface area contributed by atoms with Crippen molar-refractivity contribution in [1.29, 1.82) is 0 Å². The summed E-state index contributed by atoms with van der Waals surface area (Å²) in [7, 11) is 2.25. The molecule has 0 aromatic heterocycles. The quantitative estimate of drug-likeness (QED) is 0.674. The third-order valence-corrected chi connectivity index (χ3v) is 3.37. The summed E-state index contributed by atoms with van der Waals surface area (Å²) in [6, 6.07) is 1.33. The van der Waals surface area contributed by atoms with Crippen LogP contribution in [0.25, 0.3) is 0 Å². The number of rotatable bonds is 7. The van der Waals surface area contributed by atoms with Crippen LogP contribution in [0.2, 0.25) is 0 Å². The number of nitrogens with zero attached hydrogens (tertiary/aromatic N) is 1. The van der Waals surface area contributed by atoms with Crippen molar-refractivity contribution in [2.75, 3.05) is 20.1 Å². The molecule has 0 amide bonds. The van der Waals surface area contributed by atoms with E-state index in [-0.39, 0.29) is 0 Å². The van der Waals surface area contributed by atoms with Gasteiger partial charge in [-0.1, -0.05) is 6.92 Å². The van der Waals surface area contributed by atoms with Gasteiger partial charge in [0.1, 0.15) is 0 Å². The molecule has 0 aliphatic heterocycles. The lowest BCUT2D eigenvalue weighted by Gasteiger charge is -2.26. The first-order chi connectivity index (χ1) is 6.63. The molecule has 1 aliphatic rings. The summed E-state index contributed by atoms with van der Waals surface area (Å²) >= 11 is 0. The van der Waals surface area contributed by atoms with Gasteiger partial charge in [0.15, 0.2) is 0 Å². The molecule has 1 N–H and O–H groups in total. The first-order valence-electron chi connectivity index (χ1n) is 6.07. The van der Waals surface area contributed by atoms with Crippen LogP contribution in [-0.2, 0) is 0 Å². The smallest absolute Gasteiger partial charge is 0.0189 e. The molecule has 1 saturated carbocycles. The Morgan fingerprint density at radius 3 is 2.50 bits per heavy atom. The summed E-state index contributed by atoms with van der Waals surface area (Å²) in [5.74, 6) is 1.01. The van der Waals surface area contributed by atoms with Gasteiger partial charge in [0.05, 0.1) is 0 Å². The Kier molecular flexibility index (Phi) is 4.90. The molecular formula is C12H26N2. The fourth-order valence-corrected chi connectivity index (χ4v) is 1.56. The van der Waals surface area contributed by atoms with Gasteiger partial charge >= 0.3 is 0 Å². The minimum absolute atomic E-state index is 0.659. The molecule has 2 atom stereocenters. The summed E-state index contributed by atoms with van der Waals surface area (Å²) in [5.41, 5.74) is 0. The summed E-state index contributed by atoms with van der Waals surface area (Å²) < 4.78 is 0. The van der Waals surface area contributed by atoms with E-state index in [1.165, 1.54) is 25.8 Å². The Morgan fingerprint density at radius 2 is 2.00 bits per heavy atom. The number of nitrogens with one attached hydrogen (secondary N) is 1. The second kappa shape index (κ2) is 5.72. The Balaban J connectivity index is 2.08. The molecule has 0 aromatic rings. The predicted octanol–water partition coefficient (Wildman–Crippen LogP) is 2.10. The van der Waals surface area contributed by atoms with Crippen LogP contribution in [0, 0.1) is 5.92 Å². The van der Waals surface area contributed by atoms with E-state index in [0.717, 1.165) is 12.5 Å². The van der Waals surface area contributed by atoms with Crippen LogP contribution in [0.4, 0.5) is 0 Å². The number of hydrogen-bond donors (Lipinski definition) is 1. The first-order valence-corrected chi connectivity index (χ1v) is 6.07. The maximum Gasteiger partial charge on any atom is 0.0189 e. The summed E-state index contributed by atoms with van der Waals surface area (Å²) in [6.07, 6.45) is 4.13. The van der Waals surface area contributed by atoms with E-state index in [2.05, 4.69) is 38.0 Å². The second-order valence-electron chi connectivity index (χ2n) is 4.95. The zero-order valence-electron chi connectivity index (χ0n) is 10.2. The van der Waals surface area contributed by atoms with Crippen LogP contribution in [0.3, 0.4) is 0 Å². The van der Waals surface area contributed by atoms with E-state index < -0.39 is 0 Å². The van der Waals surface area contributed by atoms with Crippen LogP contribution in [0.15, 0.2) is 0 Å². The lowest BCUT2D eigenvalue weighted by Crippen LogP contribution is -2.41. The highest BCUT2D eigenvalue weighted by Crippen LogP contribution is 2.29. The zero-order valence-corrected chi connectivity index (χ0v) is 10.2. The molecule has 1 rings (SSSR count). The Hall–Kier alpha value is -0.0800. The van der Waals surface area contributed by atoms with Crippen molar-refractivity contribution in [3.63, 3.8) is 0 Å². The molecule has 0 aromatic carbocycles. The van der Waals surface area contributed by atoms with Gasteiger partial charge in [-0.15, -0.1) is 0 Å². The maximum atomic E-state index is 3.56. The molecule has 2 unspecified atom stereocenters. The lowest BCUT2D eigenvalue weighted by molar-refractivity contribution is 0.236. The van der Waals surface area contributed by atoms with Crippen LogP contribution in [0.5, 0.6) is 0 Å². The van der Waals surface area contributed by atoms with E-state index in [0.29, 0.717) is 12.1 Å². The summed E-state index contributed by atoms with van der Waals surface area (Å²) in [5, 5.41) is 3.56. The molecule has 1 fully saturated rings. The number of hydrogen-bond acceptors (Lipinski definition) is 2. The van der Waals surface area contributed by atoms with E-state index >= 15 is 0 Å². The summed E-state index contributed by atoms with van der Waals surface area (Å²) in [6.45, 7) is 9.23. The van der Waals surface area contributed by atoms with E-state index in [4.69, 9.17) is 0 Å². The summed E-state index contributed by atoms with van der Waals surface area (Å²) in [4.78, 5) is 2.49. The molecule has 14 heavy (non-hydrogen) atoms. The normalized spacial score (nSPS) is 21.2. The topological polar surface area (TPSA) is 15.3 Å². The molecule has 0 heterocycles. The first kappa shape index (κ1) is 12.0. The van der Waals surface area contributed by atoms with Gasteiger partial charge in [0.2, 0.25) is 0 Å². The lowest BCUT2D eigenvalue weighted by atomic mass is 10.2. The minimum atomic E-state index is 0.659. The van der Waals surface area contributed by atoms with E-state index in [1.807, 2.05) is 0 Å². The van der Waals surface area contributed by atoms with Crippen molar-refractivity contribution >= 4 is 0 Å². The van der Waals surface area contributed by atoms with Crippen LogP contribution >= 0.6 is 0 Å². The zero-order chi connectivity index (χ0) is 10.6. The highest BCUT2D eigenvalue weighted by Gasteiger charge is 2.24. The number of likely N-dealkylation sites (N-methyl/N-ethyl adjacent to an activating group) is 1. The third kappa shape index (κ3) is 4.43. The Bertz CT molecular complexity index is 154. The Morgan fingerprint density at radius 1 is 1.36 bits per heavy atom. The average Bonchev–Trinajstić information content (AvgIpc) is 2.97. The molecule has 0 saturated heterocycles. The minimum Gasteiger partial charge on any atom is -0.313 e. The van der Waals surface area contributed by atoms with Crippen molar-refractivity contribution in [3.8, 4) is 0 Å². The van der Waals surface area contributed by atoms with Gasteiger partial charge in [-0.2, -0.15) is 0 Å². The predicted molar refractivity (Wildman–Crippen MR) is 62.6 cm³/mol. The molecule has 0 bridgehead atoms. The molecule has 0 spiro atoms. The molecule has 2 nitrogen and oxygen atoms in total. The van der Waals surface area contributed by atoms with Crippen molar-refractivity contribution in [2.24, 2.45) is 5.92 Å². The highest BCUT2D eigenvalue weighted by molar-refractivity contribution is 4.79.